The van der Waals surface area contributed by atoms with Gasteiger partial charge in [-0.3, -0.25) is 34.1 Å². The van der Waals surface area contributed by atoms with Gasteiger partial charge in [0.15, 0.2) is 0 Å². The highest BCUT2D eigenvalue weighted by Crippen LogP contribution is 2.27. The highest BCUT2D eigenvalue weighted by atomic mass is 33.1. The molecule has 2 unspecified atom stereocenters. The Morgan fingerprint density at radius 3 is 1.71 bits per heavy atom. The lowest BCUT2D eigenvalue weighted by Crippen LogP contribution is -2.33. The number of carbonyl (C=O) groups is 4. The largest absolute Gasteiger partial charge is 0.282 e. The molecule has 4 amide bonds. The van der Waals surface area contributed by atoms with Gasteiger partial charge >= 0.3 is 0 Å². The van der Waals surface area contributed by atoms with Crippen LogP contribution in [-0.4, -0.2) is 57.0 Å². The molecule has 7 nitrogen and oxygen atoms in total. The second-order valence-corrected chi connectivity index (χ2v) is 8.06. The predicted octanol–water partition coefficient (Wildman–Crippen LogP) is 0.987. The van der Waals surface area contributed by atoms with Crippen molar-refractivity contribution in [2.75, 3.05) is 13.1 Å². The van der Waals surface area contributed by atoms with E-state index in [4.69, 9.17) is 5.14 Å². The number of likely N-dealkylation sites (tertiary alicyclic amines) is 2. The molecule has 0 radical (unpaired) electrons. The number of nitrogens with zero attached hydrogens (tertiary/aromatic N) is 2. The van der Waals surface area contributed by atoms with Crippen molar-refractivity contribution in [2.45, 2.75) is 49.0 Å². The molecular formula is C14H21N3O4S3. The molecule has 2 rings (SSSR count). The van der Waals surface area contributed by atoms with Gasteiger partial charge in [0.25, 0.3) is 0 Å². The number of unbranched alkanes of at least 4 members (excludes halogenated alkanes) is 3. The maximum atomic E-state index is 11.9. The van der Waals surface area contributed by atoms with E-state index in [0.29, 0.717) is 13.1 Å². The molecule has 0 aromatic heterocycles. The standard InChI is InChI=1S/C14H21N3O4S3/c15-23-9-7-11(18)16(13(9)20)5-3-1-2-4-6-17-12(19)8-10(24-22)14(17)21/h9-10,22H,1-8,15H2. The van der Waals surface area contributed by atoms with Gasteiger partial charge in [0.1, 0.15) is 10.5 Å². The van der Waals surface area contributed by atoms with Crippen molar-refractivity contribution < 1.29 is 19.2 Å². The van der Waals surface area contributed by atoms with E-state index in [-0.39, 0.29) is 41.7 Å². The molecular weight excluding hydrogens is 370 g/mol. The minimum absolute atomic E-state index is 0.134. The van der Waals surface area contributed by atoms with Crippen LogP contribution >= 0.6 is 34.4 Å². The third-order valence-electron chi connectivity index (χ3n) is 4.21. The van der Waals surface area contributed by atoms with Crippen LogP contribution in [0.5, 0.6) is 0 Å². The number of imide groups is 2. The first-order valence-corrected chi connectivity index (χ1v) is 10.7. The van der Waals surface area contributed by atoms with Crippen molar-refractivity contribution in [1.82, 2.24) is 9.80 Å². The predicted molar refractivity (Wildman–Crippen MR) is 97.1 cm³/mol. The second kappa shape index (κ2) is 9.12. The Kier molecular flexibility index (Phi) is 7.45. The first kappa shape index (κ1) is 19.6. The molecule has 0 bridgehead atoms. The van der Waals surface area contributed by atoms with Crippen LogP contribution < -0.4 is 5.14 Å². The zero-order valence-corrected chi connectivity index (χ0v) is 15.7. The molecule has 2 aliphatic heterocycles. The van der Waals surface area contributed by atoms with Gasteiger partial charge in [-0.05, 0) is 12.8 Å². The molecule has 134 valence electrons. The maximum absolute atomic E-state index is 11.9. The van der Waals surface area contributed by atoms with E-state index in [2.05, 4.69) is 11.7 Å². The van der Waals surface area contributed by atoms with Crippen molar-refractivity contribution in [3.63, 3.8) is 0 Å². The van der Waals surface area contributed by atoms with E-state index in [9.17, 15) is 19.2 Å². The summed E-state index contributed by atoms with van der Waals surface area (Å²) in [4.78, 5) is 49.9. The molecule has 2 fully saturated rings. The molecule has 2 heterocycles. The Balaban J connectivity index is 1.62. The van der Waals surface area contributed by atoms with E-state index < -0.39 is 5.25 Å². The maximum Gasteiger partial charge on any atom is 0.244 e. The topological polar surface area (TPSA) is 101 Å². The van der Waals surface area contributed by atoms with Crippen molar-refractivity contribution in [1.29, 1.82) is 0 Å². The van der Waals surface area contributed by atoms with Gasteiger partial charge in [0, 0.05) is 25.9 Å². The van der Waals surface area contributed by atoms with Crippen LogP contribution in [0.25, 0.3) is 0 Å². The van der Waals surface area contributed by atoms with E-state index in [1.807, 2.05) is 0 Å². The fourth-order valence-corrected chi connectivity index (χ4v) is 4.27. The van der Waals surface area contributed by atoms with Gasteiger partial charge in [0.2, 0.25) is 23.6 Å². The molecule has 24 heavy (non-hydrogen) atoms. The fraction of sp³-hybridized carbons (Fsp3) is 0.714. The van der Waals surface area contributed by atoms with E-state index in [0.717, 1.165) is 48.4 Å². The van der Waals surface area contributed by atoms with Crippen LogP contribution in [-0.2, 0) is 19.2 Å². The first-order chi connectivity index (χ1) is 11.5. The second-order valence-electron chi connectivity index (χ2n) is 5.81. The molecule has 10 heteroatoms. The highest BCUT2D eigenvalue weighted by molar-refractivity contribution is 8.69. The number of hydrogen-bond acceptors (Lipinski definition) is 8. The molecule has 2 saturated heterocycles. The summed E-state index contributed by atoms with van der Waals surface area (Å²) in [6.45, 7) is 0.838. The zero-order valence-electron chi connectivity index (χ0n) is 13.2. The third-order valence-corrected chi connectivity index (χ3v) is 6.29. The van der Waals surface area contributed by atoms with Crippen LogP contribution in [0.2, 0.25) is 0 Å². The number of thiol groups is 1. The van der Waals surface area contributed by atoms with Gasteiger partial charge in [-0.25, -0.2) is 0 Å². The molecule has 0 spiro atoms. The van der Waals surface area contributed by atoms with Crippen molar-refractivity contribution in [2.24, 2.45) is 5.14 Å². The average molecular weight is 392 g/mol. The lowest BCUT2D eigenvalue weighted by molar-refractivity contribution is -0.140. The summed E-state index contributed by atoms with van der Waals surface area (Å²) in [5, 5.41) is 4.59. The Hall–Kier alpha value is -0.710. The Bertz CT molecular complexity index is 485. The molecule has 2 N–H and O–H groups in total. The minimum atomic E-state index is -0.442. The van der Waals surface area contributed by atoms with Crippen LogP contribution in [0.1, 0.15) is 38.5 Å². The van der Waals surface area contributed by atoms with E-state index in [1.54, 1.807) is 0 Å². The molecule has 0 saturated carbocycles. The molecule has 0 aliphatic carbocycles. The number of amides is 4. The number of rotatable bonds is 9. The summed E-state index contributed by atoms with van der Waals surface area (Å²) in [5.41, 5.74) is 0. The van der Waals surface area contributed by atoms with Gasteiger partial charge < -0.3 is 0 Å². The lowest BCUT2D eigenvalue weighted by atomic mass is 10.2. The normalized spacial score (nSPS) is 24.6. The minimum Gasteiger partial charge on any atom is -0.282 e. The summed E-state index contributed by atoms with van der Waals surface area (Å²) < 4.78 is 0. The zero-order chi connectivity index (χ0) is 17.7. The van der Waals surface area contributed by atoms with Crippen LogP contribution in [0.3, 0.4) is 0 Å². The number of hydrogen-bond donors (Lipinski definition) is 2. The van der Waals surface area contributed by atoms with Crippen molar-refractivity contribution >= 4 is 58.0 Å². The van der Waals surface area contributed by atoms with E-state index >= 15 is 0 Å². The summed E-state index contributed by atoms with van der Waals surface area (Å²) in [6.07, 6.45) is 3.52. The SMILES string of the molecule is NSC1CC(=O)N(CCCCCCN2C(=O)CC(SS)C2=O)C1=O. The van der Waals surface area contributed by atoms with Gasteiger partial charge in [-0.15, -0.1) is 11.7 Å². The van der Waals surface area contributed by atoms with Crippen molar-refractivity contribution in [3.8, 4) is 0 Å². The molecule has 2 atom stereocenters. The Labute approximate surface area is 154 Å². The summed E-state index contributed by atoms with van der Waals surface area (Å²) in [5.74, 6) is -0.647. The smallest absolute Gasteiger partial charge is 0.244 e. The summed E-state index contributed by atoms with van der Waals surface area (Å²) in [7, 11) is 1.11. The molecule has 2 aliphatic rings. The lowest BCUT2D eigenvalue weighted by Gasteiger charge is -2.15. The van der Waals surface area contributed by atoms with Gasteiger partial charge in [-0.1, -0.05) is 35.6 Å². The summed E-state index contributed by atoms with van der Waals surface area (Å²) >= 11 is 4.94. The number of carbonyl (C=O) groups excluding carboxylic acids is 4. The van der Waals surface area contributed by atoms with Gasteiger partial charge in [0.05, 0.1) is 0 Å². The molecule has 0 aromatic rings. The Morgan fingerprint density at radius 1 is 0.875 bits per heavy atom. The first-order valence-electron chi connectivity index (χ1n) is 7.83. The third kappa shape index (κ3) is 4.47. The average Bonchev–Trinajstić information content (AvgIpc) is 3.00. The van der Waals surface area contributed by atoms with Crippen LogP contribution in [0.15, 0.2) is 0 Å². The summed E-state index contributed by atoms with van der Waals surface area (Å²) in [6, 6.07) is 0. The van der Waals surface area contributed by atoms with Gasteiger partial charge in [-0.2, -0.15) is 0 Å². The van der Waals surface area contributed by atoms with Crippen LogP contribution in [0, 0.1) is 0 Å². The highest BCUT2D eigenvalue weighted by Gasteiger charge is 2.38. The number of nitrogens with two attached hydrogens (primary N) is 1. The molecule has 0 aromatic carbocycles. The quantitative estimate of drug-likeness (QED) is 0.199. The van der Waals surface area contributed by atoms with Crippen molar-refractivity contribution in [3.05, 3.63) is 0 Å². The Morgan fingerprint density at radius 2 is 1.33 bits per heavy atom. The van der Waals surface area contributed by atoms with Crippen LogP contribution in [0.4, 0.5) is 0 Å². The van der Waals surface area contributed by atoms with E-state index in [1.165, 1.54) is 9.80 Å². The monoisotopic (exact) mass is 391 g/mol. The fourth-order valence-electron chi connectivity index (χ4n) is 2.86.